The normalized spacial score (nSPS) is 11.2. The third kappa shape index (κ3) is 2.07. The molecule has 1 N–H and O–H groups in total. The summed E-state index contributed by atoms with van der Waals surface area (Å²) in [4.78, 5) is 4.27. The van der Waals surface area contributed by atoms with Gasteiger partial charge in [-0.25, -0.2) is 0 Å². The van der Waals surface area contributed by atoms with Crippen molar-refractivity contribution in [3.05, 3.63) is 41.7 Å². The molecule has 0 saturated carbocycles. The van der Waals surface area contributed by atoms with Crippen LogP contribution in [0.2, 0.25) is 0 Å². The summed E-state index contributed by atoms with van der Waals surface area (Å²) in [5, 5.41) is 11.4. The molecule has 0 fully saturated rings. The van der Waals surface area contributed by atoms with Crippen LogP contribution in [0.15, 0.2) is 30.6 Å². The van der Waals surface area contributed by atoms with Crippen LogP contribution < -0.4 is 0 Å². The van der Waals surface area contributed by atoms with Crippen LogP contribution in [0.5, 0.6) is 0 Å². The quantitative estimate of drug-likeness (QED) is 0.854. The maximum Gasteiger partial charge on any atom is 0.0471 e. The van der Waals surface area contributed by atoms with Gasteiger partial charge in [-0.15, -0.1) is 0 Å². The van der Waals surface area contributed by atoms with Crippen LogP contribution in [0, 0.1) is 0 Å². The number of aliphatic hydroxyl groups excluding tert-OH is 1. The second-order valence-electron chi connectivity index (χ2n) is 4.41. The van der Waals surface area contributed by atoms with E-state index in [-0.39, 0.29) is 6.61 Å². The molecule has 0 bridgehead atoms. The molecule has 1 aromatic carbocycles. The average molecular weight is 215 g/mol. The van der Waals surface area contributed by atoms with Gasteiger partial charge in [0.1, 0.15) is 0 Å². The summed E-state index contributed by atoms with van der Waals surface area (Å²) in [5.74, 6) is 0.486. The number of benzene rings is 1. The molecular weight excluding hydrogens is 198 g/mol. The summed E-state index contributed by atoms with van der Waals surface area (Å²) in [6.45, 7) is 4.55. The van der Waals surface area contributed by atoms with Gasteiger partial charge in [0.25, 0.3) is 0 Å². The molecule has 0 saturated heterocycles. The fourth-order valence-electron chi connectivity index (χ4n) is 1.99. The van der Waals surface area contributed by atoms with Crippen LogP contribution in [0.4, 0.5) is 0 Å². The third-order valence-electron chi connectivity index (χ3n) is 2.88. The Balaban J connectivity index is 2.55. The standard InChI is InChI=1S/C14H17NO/c1-10(2)14-9-15-8-12-7-11(5-6-16)3-4-13(12)14/h3-4,7-10,16H,5-6H2,1-2H3. The van der Waals surface area contributed by atoms with Crippen molar-refractivity contribution in [3.8, 4) is 0 Å². The molecule has 0 atom stereocenters. The van der Waals surface area contributed by atoms with Crippen LogP contribution >= 0.6 is 0 Å². The summed E-state index contributed by atoms with van der Waals surface area (Å²) in [7, 11) is 0. The average Bonchev–Trinajstić information content (AvgIpc) is 2.28. The molecule has 2 rings (SSSR count). The highest BCUT2D eigenvalue weighted by atomic mass is 16.2. The number of fused-ring (bicyclic) bond motifs is 1. The highest BCUT2D eigenvalue weighted by Crippen LogP contribution is 2.25. The molecule has 1 aromatic heterocycles. The zero-order chi connectivity index (χ0) is 11.5. The topological polar surface area (TPSA) is 33.1 Å². The van der Waals surface area contributed by atoms with E-state index < -0.39 is 0 Å². The highest BCUT2D eigenvalue weighted by Gasteiger charge is 2.05. The van der Waals surface area contributed by atoms with Gasteiger partial charge < -0.3 is 5.11 Å². The predicted octanol–water partition coefficient (Wildman–Crippen LogP) is 2.89. The van der Waals surface area contributed by atoms with E-state index in [2.05, 4.69) is 37.0 Å². The van der Waals surface area contributed by atoms with Crippen molar-refractivity contribution in [1.82, 2.24) is 4.98 Å². The van der Waals surface area contributed by atoms with Gasteiger partial charge in [0.2, 0.25) is 0 Å². The number of aromatic nitrogens is 1. The van der Waals surface area contributed by atoms with Crippen LogP contribution in [-0.2, 0) is 6.42 Å². The summed E-state index contributed by atoms with van der Waals surface area (Å²) < 4.78 is 0. The molecule has 16 heavy (non-hydrogen) atoms. The molecule has 0 amide bonds. The van der Waals surface area contributed by atoms with Crippen molar-refractivity contribution in [1.29, 1.82) is 0 Å². The van der Waals surface area contributed by atoms with E-state index in [1.807, 2.05) is 12.4 Å². The Labute approximate surface area is 96.0 Å². The fraction of sp³-hybridized carbons (Fsp3) is 0.357. The van der Waals surface area contributed by atoms with E-state index in [9.17, 15) is 0 Å². The summed E-state index contributed by atoms with van der Waals surface area (Å²) in [5.41, 5.74) is 2.45. The second kappa shape index (κ2) is 4.62. The van der Waals surface area contributed by atoms with Crippen molar-refractivity contribution in [2.75, 3.05) is 6.61 Å². The first-order chi connectivity index (χ1) is 7.72. The Hall–Kier alpha value is -1.41. The zero-order valence-corrected chi connectivity index (χ0v) is 9.77. The van der Waals surface area contributed by atoms with Gasteiger partial charge in [-0.2, -0.15) is 0 Å². The minimum atomic E-state index is 0.197. The first-order valence-electron chi connectivity index (χ1n) is 5.69. The number of hydrogen-bond donors (Lipinski definition) is 1. The number of aliphatic hydroxyl groups is 1. The lowest BCUT2D eigenvalue weighted by Gasteiger charge is -2.10. The Morgan fingerprint density at radius 1 is 1.25 bits per heavy atom. The zero-order valence-electron chi connectivity index (χ0n) is 9.77. The predicted molar refractivity (Wildman–Crippen MR) is 66.6 cm³/mol. The van der Waals surface area contributed by atoms with Crippen molar-refractivity contribution in [2.45, 2.75) is 26.2 Å². The van der Waals surface area contributed by atoms with Crippen LogP contribution in [0.3, 0.4) is 0 Å². The minimum absolute atomic E-state index is 0.197. The van der Waals surface area contributed by atoms with E-state index in [4.69, 9.17) is 5.11 Å². The SMILES string of the molecule is CC(C)c1cncc2cc(CCO)ccc12. The maximum absolute atomic E-state index is 8.92. The van der Waals surface area contributed by atoms with E-state index >= 15 is 0 Å². The molecule has 0 aliphatic carbocycles. The molecular formula is C14H17NO. The van der Waals surface area contributed by atoms with Gasteiger partial charge in [0.05, 0.1) is 0 Å². The molecule has 2 heteroatoms. The molecule has 0 radical (unpaired) electrons. The summed E-state index contributed by atoms with van der Waals surface area (Å²) in [6, 6.07) is 6.34. The number of hydrogen-bond acceptors (Lipinski definition) is 2. The molecule has 84 valence electrons. The molecule has 0 aliphatic rings. The monoisotopic (exact) mass is 215 g/mol. The molecule has 2 aromatic rings. The van der Waals surface area contributed by atoms with Gasteiger partial charge in [-0.1, -0.05) is 26.0 Å². The fourth-order valence-corrected chi connectivity index (χ4v) is 1.99. The van der Waals surface area contributed by atoms with Gasteiger partial charge >= 0.3 is 0 Å². The van der Waals surface area contributed by atoms with Gasteiger partial charge in [0.15, 0.2) is 0 Å². The first-order valence-corrected chi connectivity index (χ1v) is 5.69. The lowest BCUT2D eigenvalue weighted by Crippen LogP contribution is -1.94. The number of nitrogens with zero attached hydrogens (tertiary/aromatic N) is 1. The Morgan fingerprint density at radius 3 is 2.75 bits per heavy atom. The summed E-state index contributed by atoms with van der Waals surface area (Å²) in [6.07, 6.45) is 4.54. The van der Waals surface area contributed by atoms with Crippen molar-refractivity contribution < 1.29 is 5.11 Å². The molecule has 1 heterocycles. The van der Waals surface area contributed by atoms with Crippen LogP contribution in [0.25, 0.3) is 10.8 Å². The molecule has 0 unspecified atom stereocenters. The van der Waals surface area contributed by atoms with E-state index in [0.29, 0.717) is 12.3 Å². The lowest BCUT2D eigenvalue weighted by molar-refractivity contribution is 0.299. The van der Waals surface area contributed by atoms with Gasteiger partial charge in [-0.05, 0) is 34.9 Å². The molecule has 0 spiro atoms. The van der Waals surface area contributed by atoms with E-state index in [0.717, 1.165) is 10.9 Å². The third-order valence-corrected chi connectivity index (χ3v) is 2.88. The van der Waals surface area contributed by atoms with Gasteiger partial charge in [-0.3, -0.25) is 4.98 Å². The Kier molecular flexibility index (Phi) is 3.20. The van der Waals surface area contributed by atoms with E-state index in [1.165, 1.54) is 10.9 Å². The lowest BCUT2D eigenvalue weighted by atomic mass is 9.97. The second-order valence-corrected chi connectivity index (χ2v) is 4.41. The van der Waals surface area contributed by atoms with Crippen molar-refractivity contribution in [3.63, 3.8) is 0 Å². The largest absolute Gasteiger partial charge is 0.396 e. The van der Waals surface area contributed by atoms with Crippen LogP contribution in [-0.4, -0.2) is 16.7 Å². The number of pyridine rings is 1. The Bertz CT molecular complexity index is 491. The molecule has 0 aliphatic heterocycles. The van der Waals surface area contributed by atoms with Crippen LogP contribution in [0.1, 0.15) is 30.9 Å². The Morgan fingerprint density at radius 2 is 2.06 bits per heavy atom. The molecule has 2 nitrogen and oxygen atoms in total. The number of rotatable bonds is 3. The van der Waals surface area contributed by atoms with Crippen molar-refractivity contribution in [2.24, 2.45) is 0 Å². The first kappa shape index (κ1) is 11.1. The smallest absolute Gasteiger partial charge is 0.0471 e. The van der Waals surface area contributed by atoms with Gasteiger partial charge in [0, 0.05) is 24.4 Å². The minimum Gasteiger partial charge on any atom is -0.396 e. The van der Waals surface area contributed by atoms with Crippen molar-refractivity contribution >= 4 is 10.8 Å². The van der Waals surface area contributed by atoms with E-state index in [1.54, 1.807) is 0 Å². The highest BCUT2D eigenvalue weighted by molar-refractivity contribution is 5.85. The summed E-state index contributed by atoms with van der Waals surface area (Å²) >= 11 is 0. The maximum atomic E-state index is 8.92.